The van der Waals surface area contributed by atoms with Crippen LogP contribution in [0, 0.1) is 0 Å². The van der Waals surface area contributed by atoms with Crippen molar-refractivity contribution in [2.45, 2.75) is 90.4 Å². The molecule has 0 bridgehead atoms. The second kappa shape index (κ2) is 12.5. The van der Waals surface area contributed by atoms with Crippen LogP contribution in [0.5, 0.6) is 0 Å². The van der Waals surface area contributed by atoms with E-state index in [-0.39, 0.29) is 11.0 Å². The molecular formula is C24H38N2O. The summed E-state index contributed by atoms with van der Waals surface area (Å²) in [6.45, 7) is 14.2. The lowest BCUT2D eigenvalue weighted by molar-refractivity contribution is 0.344. The van der Waals surface area contributed by atoms with Gasteiger partial charge in [0, 0.05) is 5.41 Å². The van der Waals surface area contributed by atoms with Crippen molar-refractivity contribution in [3.8, 4) is 0 Å². The van der Waals surface area contributed by atoms with Crippen LogP contribution in [0.3, 0.4) is 0 Å². The molecule has 1 rings (SSSR count). The second-order valence-electron chi connectivity index (χ2n) is 7.69. The Balaban J connectivity index is 3.19. The van der Waals surface area contributed by atoms with Gasteiger partial charge < -0.3 is 4.98 Å². The number of aromatic nitrogens is 2. The van der Waals surface area contributed by atoms with Crippen molar-refractivity contribution in [2.75, 3.05) is 0 Å². The van der Waals surface area contributed by atoms with E-state index in [0.29, 0.717) is 11.3 Å². The van der Waals surface area contributed by atoms with E-state index in [2.05, 4.69) is 38.9 Å². The Morgan fingerprint density at radius 3 is 2.07 bits per heavy atom. The maximum Gasteiger partial charge on any atom is 0.258 e. The molecule has 0 fully saturated rings. The van der Waals surface area contributed by atoms with E-state index in [4.69, 9.17) is 4.98 Å². The molecule has 0 unspecified atom stereocenters. The Morgan fingerprint density at radius 1 is 1.00 bits per heavy atom. The summed E-state index contributed by atoms with van der Waals surface area (Å²) in [7, 11) is 0. The van der Waals surface area contributed by atoms with Crippen LogP contribution in [0.1, 0.15) is 102 Å². The zero-order valence-corrected chi connectivity index (χ0v) is 17.7. The van der Waals surface area contributed by atoms with E-state index < -0.39 is 0 Å². The van der Waals surface area contributed by atoms with Crippen LogP contribution >= 0.6 is 0 Å². The first-order chi connectivity index (χ1) is 13.0. The molecular weight excluding hydrogens is 332 g/mol. The molecule has 0 saturated heterocycles. The van der Waals surface area contributed by atoms with Crippen LogP contribution in [0.15, 0.2) is 30.1 Å². The zero-order chi connectivity index (χ0) is 20.1. The summed E-state index contributed by atoms with van der Waals surface area (Å²) in [5.74, 6) is 0.815. The Morgan fingerprint density at radius 2 is 1.59 bits per heavy atom. The highest BCUT2D eigenvalue weighted by atomic mass is 16.1. The van der Waals surface area contributed by atoms with E-state index in [1.165, 1.54) is 51.4 Å². The lowest BCUT2D eigenvalue weighted by Crippen LogP contribution is -2.30. The van der Waals surface area contributed by atoms with Gasteiger partial charge in [0.05, 0.1) is 11.3 Å². The Labute approximate surface area is 165 Å². The summed E-state index contributed by atoms with van der Waals surface area (Å²) in [6.07, 6.45) is 18.8. The summed E-state index contributed by atoms with van der Waals surface area (Å²) in [5, 5.41) is 0. The zero-order valence-electron chi connectivity index (χ0n) is 17.7. The normalized spacial score (nSPS) is 11.8. The van der Waals surface area contributed by atoms with E-state index >= 15 is 0 Å². The van der Waals surface area contributed by atoms with Gasteiger partial charge in [-0.05, 0) is 18.9 Å². The van der Waals surface area contributed by atoms with Crippen molar-refractivity contribution in [1.82, 2.24) is 9.97 Å². The first-order valence-corrected chi connectivity index (χ1v) is 10.6. The number of rotatable bonds is 14. The molecule has 1 heterocycles. The number of hydrogen-bond acceptors (Lipinski definition) is 2. The Kier molecular flexibility index (Phi) is 10.7. The molecule has 1 N–H and O–H groups in total. The molecule has 150 valence electrons. The minimum Gasteiger partial charge on any atom is -0.310 e. The summed E-state index contributed by atoms with van der Waals surface area (Å²) in [5.41, 5.74) is 0.997. The van der Waals surface area contributed by atoms with Crippen LogP contribution in [0.2, 0.25) is 0 Å². The number of H-pyrrole nitrogens is 1. The van der Waals surface area contributed by atoms with Crippen molar-refractivity contribution in [2.24, 2.45) is 0 Å². The van der Waals surface area contributed by atoms with Crippen LogP contribution in [-0.4, -0.2) is 9.97 Å². The summed E-state index contributed by atoms with van der Waals surface area (Å²) in [4.78, 5) is 20.5. The van der Waals surface area contributed by atoms with Crippen LogP contribution in [0.25, 0.3) is 12.2 Å². The van der Waals surface area contributed by atoms with Crippen molar-refractivity contribution < 1.29 is 0 Å². The molecule has 0 amide bonds. The van der Waals surface area contributed by atoms with E-state index in [9.17, 15) is 4.79 Å². The summed E-state index contributed by atoms with van der Waals surface area (Å²) < 4.78 is 0. The van der Waals surface area contributed by atoms with Gasteiger partial charge in [-0.15, -0.1) is 0 Å². The van der Waals surface area contributed by atoms with Gasteiger partial charge in [0.15, 0.2) is 0 Å². The van der Waals surface area contributed by atoms with Crippen LogP contribution < -0.4 is 5.56 Å². The van der Waals surface area contributed by atoms with Gasteiger partial charge in [-0.25, -0.2) is 4.98 Å². The summed E-state index contributed by atoms with van der Waals surface area (Å²) >= 11 is 0. The third kappa shape index (κ3) is 7.32. The molecule has 1 aromatic rings. The molecule has 0 spiro atoms. The lowest BCUT2D eigenvalue weighted by atomic mass is 9.78. The standard InChI is InChI=1S/C24H38N2O/c1-6-10-13-15-18-24(5,19-16-14-11-7-2)23-25-21(17-12-8-3)20(9-4)22(27)26-23/h8-9,12,17H,3-4,6-7,10-11,13-16,18-19H2,1-2,5H3,(H,25,26,27)/b17-12-. The van der Waals surface area contributed by atoms with Crippen molar-refractivity contribution >= 4 is 12.2 Å². The SMILES string of the molecule is C=C/C=C\c1nc(C(C)(CCCCCC)CCCCCC)[nH]c(=O)c1C=C. The number of aromatic amines is 1. The third-order valence-corrected chi connectivity index (χ3v) is 5.31. The number of allylic oxidation sites excluding steroid dienone is 2. The predicted octanol–water partition coefficient (Wildman–Crippen LogP) is 6.81. The highest BCUT2D eigenvalue weighted by Crippen LogP contribution is 2.33. The molecule has 1 aromatic heterocycles. The van der Waals surface area contributed by atoms with Gasteiger partial charge in [0.25, 0.3) is 5.56 Å². The average Bonchev–Trinajstić information content (AvgIpc) is 2.66. The predicted molar refractivity (Wildman–Crippen MR) is 119 cm³/mol. The number of nitrogens with one attached hydrogen (secondary N) is 1. The molecule has 27 heavy (non-hydrogen) atoms. The first kappa shape index (κ1) is 23.1. The third-order valence-electron chi connectivity index (χ3n) is 5.31. The summed E-state index contributed by atoms with van der Waals surface area (Å²) in [6, 6.07) is 0. The second-order valence-corrected chi connectivity index (χ2v) is 7.69. The van der Waals surface area contributed by atoms with Crippen LogP contribution in [-0.2, 0) is 5.41 Å². The van der Waals surface area contributed by atoms with Crippen molar-refractivity contribution in [3.05, 3.63) is 52.7 Å². The fourth-order valence-electron chi connectivity index (χ4n) is 3.51. The van der Waals surface area contributed by atoms with Gasteiger partial charge >= 0.3 is 0 Å². The molecule has 0 aromatic carbocycles. The number of nitrogens with zero attached hydrogens (tertiary/aromatic N) is 1. The number of hydrogen-bond donors (Lipinski definition) is 1. The van der Waals surface area contributed by atoms with Gasteiger partial charge in [-0.1, -0.05) is 104 Å². The molecule has 0 saturated carbocycles. The highest BCUT2D eigenvalue weighted by Gasteiger charge is 2.29. The quantitative estimate of drug-likeness (QED) is 0.289. The fraction of sp³-hybridized carbons (Fsp3) is 0.583. The smallest absolute Gasteiger partial charge is 0.258 e. The Hall–Kier alpha value is -1.90. The molecule has 0 radical (unpaired) electrons. The topological polar surface area (TPSA) is 45.8 Å². The monoisotopic (exact) mass is 370 g/mol. The minimum atomic E-state index is -0.105. The van der Waals surface area contributed by atoms with Crippen LogP contribution in [0.4, 0.5) is 0 Å². The molecule has 0 atom stereocenters. The molecule has 3 nitrogen and oxygen atoms in total. The first-order valence-electron chi connectivity index (χ1n) is 10.6. The maximum absolute atomic E-state index is 12.6. The largest absolute Gasteiger partial charge is 0.310 e. The van der Waals surface area contributed by atoms with E-state index in [1.807, 2.05) is 12.2 Å². The van der Waals surface area contributed by atoms with Gasteiger partial charge in [0.1, 0.15) is 5.82 Å². The van der Waals surface area contributed by atoms with Gasteiger partial charge in [0.2, 0.25) is 0 Å². The molecule has 0 aliphatic rings. The van der Waals surface area contributed by atoms with E-state index in [0.717, 1.165) is 18.7 Å². The molecule has 0 aliphatic heterocycles. The minimum absolute atomic E-state index is 0.100. The number of unbranched alkanes of at least 4 members (excludes halogenated alkanes) is 6. The Bertz CT molecular complexity index is 657. The fourth-order valence-corrected chi connectivity index (χ4v) is 3.51. The van der Waals surface area contributed by atoms with E-state index in [1.54, 1.807) is 12.2 Å². The molecule has 0 aliphatic carbocycles. The van der Waals surface area contributed by atoms with Gasteiger partial charge in [-0.3, -0.25) is 4.79 Å². The van der Waals surface area contributed by atoms with Crippen molar-refractivity contribution in [1.29, 1.82) is 0 Å². The van der Waals surface area contributed by atoms with Crippen molar-refractivity contribution in [3.63, 3.8) is 0 Å². The highest BCUT2D eigenvalue weighted by molar-refractivity contribution is 5.61. The maximum atomic E-state index is 12.6. The molecule has 3 heteroatoms. The average molecular weight is 371 g/mol. The van der Waals surface area contributed by atoms with Gasteiger partial charge in [-0.2, -0.15) is 0 Å². The lowest BCUT2D eigenvalue weighted by Gasteiger charge is -2.29.